The van der Waals surface area contributed by atoms with E-state index in [1.54, 1.807) is 13.3 Å². The number of hydrogen-bond acceptors (Lipinski definition) is 3. The molecular weight excluding hydrogens is 326 g/mol. The minimum Gasteiger partial charge on any atom is -0.385 e. The van der Waals surface area contributed by atoms with Gasteiger partial charge in [-0.2, -0.15) is 0 Å². The highest BCUT2D eigenvalue weighted by atomic mass is 16.5. The van der Waals surface area contributed by atoms with Crippen LogP contribution in [0.4, 0.5) is 0 Å². The molecule has 0 unspecified atom stereocenters. The first-order valence-corrected chi connectivity index (χ1v) is 9.01. The Hall–Kier alpha value is -2.66. The highest BCUT2D eigenvalue weighted by molar-refractivity contribution is 5.97. The van der Waals surface area contributed by atoms with Crippen molar-refractivity contribution in [2.24, 2.45) is 5.92 Å². The normalized spacial score (nSPS) is 17.1. The molecule has 0 fully saturated rings. The number of amides is 1. The van der Waals surface area contributed by atoms with Gasteiger partial charge in [0.2, 0.25) is 0 Å². The number of benzene rings is 1. The third-order valence-electron chi connectivity index (χ3n) is 5.06. The minimum absolute atomic E-state index is 0.0420. The molecule has 0 saturated heterocycles. The van der Waals surface area contributed by atoms with Crippen molar-refractivity contribution in [3.63, 3.8) is 0 Å². The van der Waals surface area contributed by atoms with Gasteiger partial charge in [-0.1, -0.05) is 18.2 Å². The van der Waals surface area contributed by atoms with Gasteiger partial charge < -0.3 is 14.2 Å². The van der Waals surface area contributed by atoms with Gasteiger partial charge in [-0.05, 0) is 36.6 Å². The molecule has 134 valence electrons. The first kappa shape index (κ1) is 16.8. The van der Waals surface area contributed by atoms with Crippen LogP contribution in [0.1, 0.15) is 22.5 Å². The molecule has 0 spiro atoms. The van der Waals surface area contributed by atoms with Crippen molar-refractivity contribution in [3.05, 3.63) is 66.1 Å². The summed E-state index contributed by atoms with van der Waals surface area (Å²) >= 11 is 0. The van der Waals surface area contributed by atoms with E-state index in [9.17, 15) is 4.79 Å². The van der Waals surface area contributed by atoms with Gasteiger partial charge in [0, 0.05) is 50.3 Å². The maximum Gasteiger partial charge on any atom is 0.255 e. The van der Waals surface area contributed by atoms with E-state index in [0.29, 0.717) is 24.6 Å². The van der Waals surface area contributed by atoms with Crippen molar-refractivity contribution in [1.29, 1.82) is 0 Å². The van der Waals surface area contributed by atoms with Crippen LogP contribution >= 0.6 is 0 Å². The average Bonchev–Trinajstić information content (AvgIpc) is 3.03. The van der Waals surface area contributed by atoms with Gasteiger partial charge in [0.25, 0.3) is 5.91 Å². The van der Waals surface area contributed by atoms with Crippen LogP contribution < -0.4 is 0 Å². The van der Waals surface area contributed by atoms with Gasteiger partial charge in [-0.3, -0.25) is 9.78 Å². The third-order valence-corrected chi connectivity index (χ3v) is 5.06. The number of carbonyl (C=O) groups is 1. The monoisotopic (exact) mass is 349 g/mol. The molecule has 0 radical (unpaired) electrons. The summed E-state index contributed by atoms with van der Waals surface area (Å²) in [7, 11) is 1.72. The molecule has 5 nitrogen and oxygen atoms in total. The fraction of sp³-hybridized carbons (Fsp3) is 0.333. The van der Waals surface area contributed by atoms with Crippen molar-refractivity contribution in [1.82, 2.24) is 14.5 Å². The molecule has 4 rings (SSSR count). The van der Waals surface area contributed by atoms with Crippen LogP contribution in [0.2, 0.25) is 0 Å². The number of fused-ring (bicyclic) bond motifs is 2. The molecule has 2 aromatic heterocycles. The fourth-order valence-corrected chi connectivity index (χ4v) is 3.67. The van der Waals surface area contributed by atoms with Gasteiger partial charge in [0.05, 0.1) is 17.6 Å². The molecule has 0 N–H and O–H groups in total. The molecule has 1 amide bonds. The Bertz CT molecular complexity index is 918. The molecule has 0 bridgehead atoms. The summed E-state index contributed by atoms with van der Waals surface area (Å²) in [6, 6.07) is 14.0. The molecular formula is C21H23N3O2. The van der Waals surface area contributed by atoms with Crippen LogP contribution in [-0.2, 0) is 17.8 Å². The summed E-state index contributed by atoms with van der Waals surface area (Å²) in [5, 5.41) is 0.993. The van der Waals surface area contributed by atoms with E-state index in [1.165, 1.54) is 5.69 Å². The molecule has 1 aromatic carbocycles. The number of nitrogens with zero attached hydrogens (tertiary/aromatic N) is 3. The zero-order valence-corrected chi connectivity index (χ0v) is 15.0. The van der Waals surface area contributed by atoms with Gasteiger partial charge >= 0.3 is 0 Å². The molecule has 26 heavy (non-hydrogen) atoms. The predicted octanol–water partition coefficient (Wildman–Crippen LogP) is 3.35. The van der Waals surface area contributed by atoms with E-state index in [-0.39, 0.29) is 5.91 Å². The summed E-state index contributed by atoms with van der Waals surface area (Å²) < 4.78 is 7.52. The number of hydrogen-bond donors (Lipinski definition) is 0. The molecule has 0 aliphatic carbocycles. The zero-order chi connectivity index (χ0) is 17.9. The van der Waals surface area contributed by atoms with E-state index < -0.39 is 0 Å². The van der Waals surface area contributed by atoms with Crippen molar-refractivity contribution >= 4 is 16.8 Å². The number of ether oxygens (including phenoxy) is 1. The zero-order valence-electron chi connectivity index (χ0n) is 15.0. The summed E-state index contributed by atoms with van der Waals surface area (Å²) in [6.07, 6.45) is 4.73. The van der Waals surface area contributed by atoms with Crippen LogP contribution in [0.25, 0.3) is 10.9 Å². The van der Waals surface area contributed by atoms with E-state index in [4.69, 9.17) is 4.74 Å². The van der Waals surface area contributed by atoms with Crippen molar-refractivity contribution in [2.45, 2.75) is 19.5 Å². The maximum absolute atomic E-state index is 13.2. The quantitative estimate of drug-likeness (QED) is 0.726. The van der Waals surface area contributed by atoms with Gasteiger partial charge in [0.15, 0.2) is 0 Å². The Kier molecular flexibility index (Phi) is 4.71. The third kappa shape index (κ3) is 3.35. The molecule has 5 heteroatoms. The first-order chi connectivity index (χ1) is 12.7. The Labute approximate surface area is 153 Å². The molecule has 3 aromatic rings. The molecule has 3 heterocycles. The number of carbonyl (C=O) groups excluding carboxylic acids is 1. The number of rotatable bonds is 4. The van der Waals surface area contributed by atoms with E-state index >= 15 is 0 Å². The Balaban J connectivity index is 1.62. The number of para-hydroxylation sites is 1. The SMILES string of the molecule is COCC[C@@H]1CN(C(=O)c2cnc3ccccc3c2)Cc2cccn2C1. The lowest BCUT2D eigenvalue weighted by molar-refractivity contribution is 0.0705. The highest BCUT2D eigenvalue weighted by Gasteiger charge is 2.25. The summed E-state index contributed by atoms with van der Waals surface area (Å²) in [4.78, 5) is 19.6. The van der Waals surface area contributed by atoms with Crippen molar-refractivity contribution in [2.75, 3.05) is 20.3 Å². The lowest BCUT2D eigenvalue weighted by Gasteiger charge is -2.24. The molecule has 0 saturated carbocycles. The largest absolute Gasteiger partial charge is 0.385 e. The van der Waals surface area contributed by atoms with Crippen LogP contribution in [0.15, 0.2) is 54.9 Å². The van der Waals surface area contributed by atoms with Crippen molar-refractivity contribution in [3.8, 4) is 0 Å². The highest BCUT2D eigenvalue weighted by Crippen LogP contribution is 2.22. The topological polar surface area (TPSA) is 47.4 Å². The van der Waals surface area contributed by atoms with Crippen LogP contribution in [-0.4, -0.2) is 40.6 Å². The van der Waals surface area contributed by atoms with Crippen LogP contribution in [0.3, 0.4) is 0 Å². The smallest absolute Gasteiger partial charge is 0.255 e. The maximum atomic E-state index is 13.2. The summed E-state index contributed by atoms with van der Waals surface area (Å²) in [5.74, 6) is 0.418. The minimum atomic E-state index is 0.0420. The summed E-state index contributed by atoms with van der Waals surface area (Å²) in [5.41, 5.74) is 2.73. The summed E-state index contributed by atoms with van der Waals surface area (Å²) in [6.45, 7) is 2.99. The molecule has 1 aliphatic rings. The van der Waals surface area contributed by atoms with Gasteiger partial charge in [-0.25, -0.2) is 0 Å². The van der Waals surface area contributed by atoms with Gasteiger partial charge in [-0.15, -0.1) is 0 Å². The fourth-order valence-electron chi connectivity index (χ4n) is 3.67. The van der Waals surface area contributed by atoms with Crippen molar-refractivity contribution < 1.29 is 9.53 Å². The standard InChI is InChI=1S/C21H23N3O2/c1-26-10-8-16-13-23-9-4-6-19(23)15-24(14-16)21(25)18-11-17-5-2-3-7-20(17)22-12-18/h2-7,9,11-12,16H,8,10,13-15H2,1H3/t16-/m0/s1. The number of pyridine rings is 1. The van der Waals surface area contributed by atoms with E-state index in [0.717, 1.165) is 30.4 Å². The Morgan fingerprint density at radius 3 is 3.00 bits per heavy atom. The predicted molar refractivity (Wildman–Crippen MR) is 101 cm³/mol. The number of methoxy groups -OCH3 is 1. The molecule has 1 atom stereocenters. The van der Waals surface area contributed by atoms with E-state index in [1.807, 2.05) is 41.3 Å². The Morgan fingerprint density at radius 1 is 1.23 bits per heavy atom. The number of aromatic nitrogens is 2. The lowest BCUT2D eigenvalue weighted by atomic mass is 10.0. The lowest BCUT2D eigenvalue weighted by Crippen LogP contribution is -2.34. The second-order valence-electron chi connectivity index (χ2n) is 6.90. The van der Waals surface area contributed by atoms with E-state index in [2.05, 4.69) is 21.8 Å². The average molecular weight is 349 g/mol. The molecule has 1 aliphatic heterocycles. The van der Waals surface area contributed by atoms with Crippen LogP contribution in [0.5, 0.6) is 0 Å². The Morgan fingerprint density at radius 2 is 2.12 bits per heavy atom. The second-order valence-corrected chi connectivity index (χ2v) is 6.90. The first-order valence-electron chi connectivity index (χ1n) is 9.01. The van der Waals surface area contributed by atoms with Gasteiger partial charge in [0.1, 0.15) is 0 Å². The van der Waals surface area contributed by atoms with Crippen LogP contribution in [0, 0.1) is 5.92 Å². The second kappa shape index (κ2) is 7.30.